The van der Waals surface area contributed by atoms with Gasteiger partial charge in [-0.15, -0.1) is 34.0 Å². The molecule has 0 saturated carbocycles. The van der Waals surface area contributed by atoms with Crippen LogP contribution in [-0.4, -0.2) is 52.1 Å². The Balaban J connectivity index is 1.37. The second-order valence-corrected chi connectivity index (χ2v) is 10.3. The lowest BCUT2D eigenvalue weighted by molar-refractivity contribution is 0.0788. The van der Waals surface area contributed by atoms with Crippen LogP contribution in [0.5, 0.6) is 0 Å². The van der Waals surface area contributed by atoms with Crippen LogP contribution < -0.4 is 5.32 Å². The average Bonchev–Trinajstić information content (AvgIpc) is 3.55. The second-order valence-electron chi connectivity index (χ2n) is 7.45. The summed E-state index contributed by atoms with van der Waals surface area (Å²) in [5.41, 5.74) is 1.81. The first-order valence-corrected chi connectivity index (χ1v) is 12.5. The monoisotopic (exact) mass is 471 g/mol. The normalized spacial score (nSPS) is 16.1. The van der Waals surface area contributed by atoms with Gasteiger partial charge in [0.05, 0.1) is 40.0 Å². The number of aryl methyl sites for hydroxylation is 1. The number of thiazole rings is 1. The molecule has 4 aromatic heterocycles. The third kappa shape index (κ3) is 4.08. The number of rotatable bonds is 6. The van der Waals surface area contributed by atoms with Gasteiger partial charge in [-0.3, -0.25) is 4.79 Å². The Hall–Kier alpha value is -2.40. The Morgan fingerprint density at radius 2 is 2.26 bits per heavy atom. The zero-order chi connectivity index (χ0) is 21.4. The number of carbonyl (C=O) groups excluding carboxylic acids is 1. The van der Waals surface area contributed by atoms with E-state index in [9.17, 15) is 4.79 Å². The van der Waals surface area contributed by atoms with Gasteiger partial charge in [-0.2, -0.15) is 0 Å². The Labute approximate surface area is 191 Å². The molecule has 1 N–H and O–H groups in total. The van der Waals surface area contributed by atoms with Gasteiger partial charge in [0.25, 0.3) is 5.91 Å². The van der Waals surface area contributed by atoms with Gasteiger partial charge >= 0.3 is 0 Å². The second kappa shape index (κ2) is 8.62. The van der Waals surface area contributed by atoms with Crippen LogP contribution in [0, 0.1) is 6.92 Å². The van der Waals surface area contributed by atoms with E-state index in [4.69, 9.17) is 9.72 Å². The van der Waals surface area contributed by atoms with Gasteiger partial charge < -0.3 is 15.0 Å². The van der Waals surface area contributed by atoms with E-state index in [0.717, 1.165) is 50.2 Å². The maximum atomic E-state index is 13.3. The van der Waals surface area contributed by atoms with Crippen LogP contribution in [0.2, 0.25) is 0 Å². The Bertz CT molecular complexity index is 1210. The fourth-order valence-electron chi connectivity index (χ4n) is 3.61. The molecule has 31 heavy (non-hydrogen) atoms. The molecule has 0 spiro atoms. The molecule has 0 aliphatic carbocycles. The van der Waals surface area contributed by atoms with Gasteiger partial charge in [-0.05, 0) is 30.4 Å². The molecule has 1 aliphatic heterocycles. The Morgan fingerprint density at radius 1 is 1.35 bits per heavy atom. The van der Waals surface area contributed by atoms with Crippen LogP contribution >= 0.6 is 34.0 Å². The number of ether oxygens (including phenoxy) is 1. The van der Waals surface area contributed by atoms with Crippen molar-refractivity contribution >= 4 is 56.0 Å². The summed E-state index contributed by atoms with van der Waals surface area (Å²) in [6, 6.07) is 4.32. The van der Waals surface area contributed by atoms with Crippen molar-refractivity contribution in [3.63, 3.8) is 0 Å². The number of fused-ring (bicyclic) bond motifs is 1. The van der Waals surface area contributed by atoms with Crippen molar-refractivity contribution in [3.8, 4) is 9.88 Å². The van der Waals surface area contributed by atoms with E-state index in [1.54, 1.807) is 33.9 Å². The van der Waals surface area contributed by atoms with Crippen LogP contribution in [-0.2, 0) is 11.3 Å². The summed E-state index contributed by atoms with van der Waals surface area (Å²) in [5.74, 6) is 0.748. The number of thiophene rings is 2. The number of aromatic nitrogens is 3. The van der Waals surface area contributed by atoms with Crippen molar-refractivity contribution in [2.24, 2.45) is 0 Å². The molecule has 1 fully saturated rings. The molecule has 10 heteroatoms. The molecule has 1 unspecified atom stereocenters. The van der Waals surface area contributed by atoms with E-state index in [1.165, 1.54) is 11.3 Å². The first kappa shape index (κ1) is 20.5. The van der Waals surface area contributed by atoms with Gasteiger partial charge in [0, 0.05) is 19.0 Å². The van der Waals surface area contributed by atoms with E-state index in [2.05, 4.69) is 21.4 Å². The number of anilines is 1. The van der Waals surface area contributed by atoms with Gasteiger partial charge in [0.15, 0.2) is 0 Å². The molecule has 1 aliphatic rings. The molecule has 1 atom stereocenters. The summed E-state index contributed by atoms with van der Waals surface area (Å²) >= 11 is 4.69. The highest BCUT2D eigenvalue weighted by atomic mass is 32.1. The quantitative estimate of drug-likeness (QED) is 0.441. The topological polar surface area (TPSA) is 80.2 Å². The molecule has 160 valence electrons. The highest BCUT2D eigenvalue weighted by molar-refractivity contribution is 7.21. The van der Waals surface area contributed by atoms with E-state index in [1.807, 2.05) is 30.8 Å². The summed E-state index contributed by atoms with van der Waals surface area (Å²) in [6.45, 7) is 3.86. The van der Waals surface area contributed by atoms with Crippen LogP contribution in [0.3, 0.4) is 0 Å². The molecule has 7 nitrogen and oxygen atoms in total. The molecule has 0 aromatic carbocycles. The molecular weight excluding hydrogens is 450 g/mol. The lowest BCUT2D eigenvalue weighted by atomic mass is 10.1. The number of amides is 1. The summed E-state index contributed by atoms with van der Waals surface area (Å²) in [7, 11) is 1.82. The lowest BCUT2D eigenvalue weighted by Gasteiger charge is -2.15. The minimum Gasteiger partial charge on any atom is -0.379 e. The molecular formula is C21H21N5O2S3. The highest BCUT2D eigenvalue weighted by Crippen LogP contribution is 2.35. The molecule has 1 saturated heterocycles. The standard InChI is InChI=1S/C21H21N5O2S3/c1-12-16-18(24-13-5-6-28-9-13)22-11-23-20(16)31-17(12)21(27)26(2)8-14-10-30-19(25-14)15-4-3-7-29-15/h3-4,7,10-11,13H,5-6,8-9H2,1-2H3,(H,22,23,24). The minimum absolute atomic E-state index is 0.0266. The summed E-state index contributed by atoms with van der Waals surface area (Å²) < 4.78 is 5.46. The number of carbonyl (C=O) groups is 1. The SMILES string of the molecule is Cc1c(C(=O)N(C)Cc2csc(-c3cccs3)n2)sc2ncnc(NC3CCOC3)c12. The van der Waals surface area contributed by atoms with Gasteiger partial charge in [-0.1, -0.05) is 6.07 Å². The maximum absolute atomic E-state index is 13.3. The first-order valence-electron chi connectivity index (χ1n) is 9.92. The number of nitrogens with zero attached hydrogens (tertiary/aromatic N) is 4. The Morgan fingerprint density at radius 3 is 3.03 bits per heavy atom. The van der Waals surface area contributed by atoms with Gasteiger partial charge in [0.2, 0.25) is 0 Å². The van der Waals surface area contributed by atoms with Crippen molar-refractivity contribution in [3.05, 3.63) is 45.4 Å². The molecule has 0 radical (unpaired) electrons. The Kier molecular flexibility index (Phi) is 5.70. The molecule has 0 bridgehead atoms. The third-order valence-corrected chi connectivity index (χ3v) is 8.34. The lowest BCUT2D eigenvalue weighted by Crippen LogP contribution is -2.26. The summed E-state index contributed by atoms with van der Waals surface area (Å²) in [4.78, 5) is 31.2. The maximum Gasteiger partial charge on any atom is 0.264 e. The summed E-state index contributed by atoms with van der Waals surface area (Å²) in [5, 5.41) is 9.44. The number of nitrogens with one attached hydrogen (secondary N) is 1. The van der Waals surface area contributed by atoms with Crippen molar-refractivity contribution in [1.82, 2.24) is 19.9 Å². The predicted octanol–water partition coefficient (Wildman–Crippen LogP) is 4.66. The largest absolute Gasteiger partial charge is 0.379 e. The molecule has 4 aromatic rings. The fourth-order valence-corrected chi connectivity index (χ4v) is 6.38. The smallest absolute Gasteiger partial charge is 0.264 e. The molecule has 5 rings (SSSR count). The van der Waals surface area contributed by atoms with E-state index in [0.29, 0.717) is 18.0 Å². The van der Waals surface area contributed by atoms with Crippen molar-refractivity contribution in [1.29, 1.82) is 0 Å². The molecule has 5 heterocycles. The highest BCUT2D eigenvalue weighted by Gasteiger charge is 2.24. The van der Waals surface area contributed by atoms with Crippen LogP contribution in [0.25, 0.3) is 20.1 Å². The van der Waals surface area contributed by atoms with E-state index in [-0.39, 0.29) is 11.9 Å². The van der Waals surface area contributed by atoms with E-state index < -0.39 is 0 Å². The van der Waals surface area contributed by atoms with Crippen molar-refractivity contribution in [2.75, 3.05) is 25.6 Å². The van der Waals surface area contributed by atoms with Crippen LogP contribution in [0.1, 0.15) is 27.3 Å². The average molecular weight is 472 g/mol. The van der Waals surface area contributed by atoms with E-state index >= 15 is 0 Å². The predicted molar refractivity (Wildman–Crippen MR) is 126 cm³/mol. The van der Waals surface area contributed by atoms with Crippen molar-refractivity contribution < 1.29 is 9.53 Å². The van der Waals surface area contributed by atoms with Crippen molar-refractivity contribution in [2.45, 2.75) is 25.9 Å². The number of hydrogen-bond acceptors (Lipinski definition) is 9. The van der Waals surface area contributed by atoms with Crippen LogP contribution in [0.4, 0.5) is 5.82 Å². The fraction of sp³-hybridized carbons (Fsp3) is 0.333. The first-order chi connectivity index (χ1) is 15.1. The zero-order valence-electron chi connectivity index (χ0n) is 17.1. The van der Waals surface area contributed by atoms with Gasteiger partial charge in [0.1, 0.15) is 22.0 Å². The minimum atomic E-state index is -0.0266. The number of hydrogen-bond donors (Lipinski definition) is 1. The summed E-state index contributed by atoms with van der Waals surface area (Å²) in [6.07, 6.45) is 2.50. The zero-order valence-corrected chi connectivity index (χ0v) is 19.6. The molecule has 1 amide bonds. The van der Waals surface area contributed by atoms with Gasteiger partial charge in [-0.25, -0.2) is 15.0 Å². The third-order valence-electron chi connectivity index (χ3n) is 5.22. The van der Waals surface area contributed by atoms with Crippen LogP contribution in [0.15, 0.2) is 29.2 Å².